The number of aliphatic hydroxyl groups is 1. The highest BCUT2D eigenvalue weighted by atomic mass is 19.1. The topological polar surface area (TPSA) is 98.7 Å². The van der Waals surface area contributed by atoms with Gasteiger partial charge in [-0.2, -0.15) is 0 Å². The Morgan fingerprint density at radius 2 is 2.12 bits per heavy atom. The van der Waals surface area contributed by atoms with Crippen molar-refractivity contribution in [1.82, 2.24) is 5.32 Å². The molecule has 1 atom stereocenters. The summed E-state index contributed by atoms with van der Waals surface area (Å²) in [4.78, 5) is 21.8. The predicted molar refractivity (Wildman–Crippen MR) is 57.1 cm³/mol. The minimum Gasteiger partial charge on any atom is -0.480 e. The smallest absolute Gasteiger partial charge is 0.328 e. The van der Waals surface area contributed by atoms with Gasteiger partial charge in [0.15, 0.2) is 6.04 Å². The van der Waals surface area contributed by atoms with Crippen LogP contribution in [-0.2, 0) is 4.79 Å². The number of hydrogen-bond acceptors (Lipinski definition) is 3. The molecule has 92 valence electrons. The minimum atomic E-state index is -1.40. The molecule has 1 aromatic rings. The number of carbonyl (C=O) groups excluding carboxylic acids is 1. The van der Waals surface area contributed by atoms with Gasteiger partial charge in [-0.1, -0.05) is 6.07 Å². The number of urea groups is 1. The zero-order valence-electron chi connectivity index (χ0n) is 8.68. The highest BCUT2D eigenvalue weighted by molar-refractivity contribution is 5.92. The van der Waals surface area contributed by atoms with E-state index >= 15 is 0 Å². The molecule has 1 aromatic carbocycles. The number of carboxylic acids is 1. The summed E-state index contributed by atoms with van der Waals surface area (Å²) in [6.07, 6.45) is 0. The van der Waals surface area contributed by atoms with Crippen molar-refractivity contribution in [1.29, 1.82) is 0 Å². The number of hydrogen-bond donors (Lipinski definition) is 4. The Labute approximate surface area is 96.1 Å². The van der Waals surface area contributed by atoms with E-state index in [1.54, 1.807) is 0 Å². The summed E-state index contributed by atoms with van der Waals surface area (Å²) in [5.74, 6) is -1.89. The van der Waals surface area contributed by atoms with E-state index in [9.17, 15) is 14.0 Å². The van der Waals surface area contributed by atoms with Crippen LogP contribution in [0.4, 0.5) is 14.9 Å². The van der Waals surface area contributed by atoms with E-state index in [0.717, 1.165) is 6.07 Å². The van der Waals surface area contributed by atoms with Gasteiger partial charge in [-0.05, 0) is 18.2 Å². The molecule has 0 aliphatic rings. The second kappa shape index (κ2) is 5.80. The Kier molecular flexibility index (Phi) is 4.41. The summed E-state index contributed by atoms with van der Waals surface area (Å²) >= 11 is 0. The number of aliphatic carboxylic acids is 1. The summed E-state index contributed by atoms with van der Waals surface area (Å²) in [6.45, 7) is -0.730. The van der Waals surface area contributed by atoms with Gasteiger partial charge in [0.25, 0.3) is 0 Å². The molecule has 0 spiro atoms. The third-order valence-corrected chi connectivity index (χ3v) is 1.87. The zero-order chi connectivity index (χ0) is 12.8. The summed E-state index contributed by atoms with van der Waals surface area (Å²) < 4.78 is 12.8. The largest absolute Gasteiger partial charge is 0.480 e. The number of carboxylic acid groups (broad SMARTS) is 1. The monoisotopic (exact) mass is 242 g/mol. The van der Waals surface area contributed by atoms with Crippen molar-refractivity contribution in [3.8, 4) is 0 Å². The van der Waals surface area contributed by atoms with Gasteiger partial charge in [-0.3, -0.25) is 0 Å². The molecule has 17 heavy (non-hydrogen) atoms. The van der Waals surface area contributed by atoms with Gasteiger partial charge in [0.1, 0.15) is 5.82 Å². The van der Waals surface area contributed by atoms with E-state index in [4.69, 9.17) is 10.2 Å². The van der Waals surface area contributed by atoms with Crippen molar-refractivity contribution < 1.29 is 24.2 Å². The average Bonchev–Trinajstić information content (AvgIpc) is 2.25. The minimum absolute atomic E-state index is 0.185. The van der Waals surface area contributed by atoms with Gasteiger partial charge in [0.2, 0.25) is 0 Å². The van der Waals surface area contributed by atoms with Crippen LogP contribution in [0.5, 0.6) is 0 Å². The van der Waals surface area contributed by atoms with Crippen LogP contribution in [0.1, 0.15) is 0 Å². The Morgan fingerprint density at radius 3 is 2.65 bits per heavy atom. The van der Waals surface area contributed by atoms with Gasteiger partial charge in [0.05, 0.1) is 6.61 Å². The van der Waals surface area contributed by atoms with Gasteiger partial charge in [-0.25, -0.2) is 14.0 Å². The SMILES string of the molecule is O=C(Nc1cccc(F)c1)N[C@H](CO)C(=O)O. The number of amides is 2. The second-order valence-electron chi connectivity index (χ2n) is 3.18. The van der Waals surface area contributed by atoms with Gasteiger partial charge < -0.3 is 20.8 Å². The molecule has 0 saturated carbocycles. The van der Waals surface area contributed by atoms with Crippen LogP contribution < -0.4 is 10.6 Å². The number of aliphatic hydroxyl groups excluding tert-OH is 1. The van der Waals surface area contributed by atoms with Crippen LogP contribution in [0.3, 0.4) is 0 Å². The molecule has 4 N–H and O–H groups in total. The molecule has 6 nitrogen and oxygen atoms in total. The third-order valence-electron chi connectivity index (χ3n) is 1.87. The van der Waals surface area contributed by atoms with Crippen molar-refractivity contribution in [2.45, 2.75) is 6.04 Å². The summed E-state index contributed by atoms with van der Waals surface area (Å²) in [5, 5.41) is 21.5. The van der Waals surface area contributed by atoms with Crippen LogP contribution in [0, 0.1) is 5.82 Å². The maximum Gasteiger partial charge on any atom is 0.328 e. The Balaban J connectivity index is 2.58. The number of anilines is 1. The molecule has 0 heterocycles. The normalized spacial score (nSPS) is 11.6. The fraction of sp³-hybridized carbons (Fsp3) is 0.200. The first-order valence-electron chi connectivity index (χ1n) is 4.69. The molecule has 0 aliphatic heterocycles. The standard InChI is InChI=1S/C10H11FN2O4/c11-6-2-1-3-7(4-6)12-10(17)13-8(5-14)9(15)16/h1-4,8,14H,5H2,(H,15,16)(H2,12,13,17)/t8-/m1/s1. The van der Waals surface area contributed by atoms with Gasteiger partial charge in [-0.15, -0.1) is 0 Å². The second-order valence-corrected chi connectivity index (χ2v) is 3.18. The molecule has 0 bridgehead atoms. The van der Waals surface area contributed by atoms with Crippen LogP contribution in [0.15, 0.2) is 24.3 Å². The van der Waals surface area contributed by atoms with E-state index in [2.05, 4.69) is 5.32 Å². The van der Waals surface area contributed by atoms with Crippen molar-refractivity contribution in [3.05, 3.63) is 30.1 Å². The predicted octanol–water partition coefficient (Wildman–Crippen LogP) is 0.393. The highest BCUT2D eigenvalue weighted by Crippen LogP contribution is 2.08. The number of halogens is 1. The number of nitrogens with one attached hydrogen (secondary N) is 2. The molecule has 7 heteroatoms. The van der Waals surface area contributed by atoms with Crippen molar-refractivity contribution >= 4 is 17.7 Å². The molecule has 0 fully saturated rings. The first-order valence-corrected chi connectivity index (χ1v) is 4.69. The molecule has 0 saturated heterocycles. The number of rotatable bonds is 4. The maximum atomic E-state index is 12.8. The Morgan fingerprint density at radius 1 is 1.41 bits per heavy atom. The van der Waals surface area contributed by atoms with Crippen molar-refractivity contribution in [3.63, 3.8) is 0 Å². The zero-order valence-corrected chi connectivity index (χ0v) is 8.68. The third kappa shape index (κ3) is 4.07. The lowest BCUT2D eigenvalue weighted by atomic mass is 10.3. The average molecular weight is 242 g/mol. The first kappa shape index (κ1) is 12.9. The number of carbonyl (C=O) groups is 2. The quantitative estimate of drug-likeness (QED) is 0.614. The Hall–Kier alpha value is -2.15. The summed E-state index contributed by atoms with van der Waals surface area (Å²) in [7, 11) is 0. The van der Waals surface area contributed by atoms with E-state index < -0.39 is 30.5 Å². The van der Waals surface area contributed by atoms with Crippen molar-refractivity contribution in [2.75, 3.05) is 11.9 Å². The van der Waals surface area contributed by atoms with Crippen LogP contribution in [0.2, 0.25) is 0 Å². The fourth-order valence-corrected chi connectivity index (χ4v) is 1.08. The molecule has 1 rings (SSSR count). The molecule has 0 unspecified atom stereocenters. The van der Waals surface area contributed by atoms with Crippen molar-refractivity contribution in [2.24, 2.45) is 0 Å². The number of benzene rings is 1. The fourth-order valence-electron chi connectivity index (χ4n) is 1.08. The maximum absolute atomic E-state index is 12.8. The molecular formula is C10H11FN2O4. The van der Waals surface area contributed by atoms with Gasteiger partial charge in [0, 0.05) is 5.69 Å². The molecule has 0 radical (unpaired) electrons. The van der Waals surface area contributed by atoms with Crippen LogP contribution in [0.25, 0.3) is 0 Å². The van der Waals surface area contributed by atoms with E-state index in [1.165, 1.54) is 18.2 Å². The van der Waals surface area contributed by atoms with E-state index in [0.29, 0.717) is 0 Å². The van der Waals surface area contributed by atoms with Crippen LogP contribution in [-0.4, -0.2) is 34.9 Å². The molecule has 0 aromatic heterocycles. The summed E-state index contributed by atoms with van der Waals surface area (Å²) in [5.41, 5.74) is 0.185. The van der Waals surface area contributed by atoms with Gasteiger partial charge >= 0.3 is 12.0 Å². The molecule has 0 aliphatic carbocycles. The lowest BCUT2D eigenvalue weighted by Gasteiger charge is -2.12. The lowest BCUT2D eigenvalue weighted by molar-refractivity contribution is -0.140. The summed E-state index contributed by atoms with van der Waals surface area (Å²) in [6, 6.07) is 2.88. The first-order chi connectivity index (χ1) is 8.02. The molecular weight excluding hydrogens is 231 g/mol. The van der Waals surface area contributed by atoms with E-state index in [1.807, 2.05) is 5.32 Å². The van der Waals surface area contributed by atoms with E-state index in [-0.39, 0.29) is 5.69 Å². The molecule has 2 amide bonds. The lowest BCUT2D eigenvalue weighted by Crippen LogP contribution is -2.45. The highest BCUT2D eigenvalue weighted by Gasteiger charge is 2.18. The van der Waals surface area contributed by atoms with Crippen LogP contribution >= 0.6 is 0 Å². The Bertz CT molecular complexity index is 425.